The Bertz CT molecular complexity index is 1000. The van der Waals surface area contributed by atoms with Crippen molar-refractivity contribution in [1.29, 1.82) is 0 Å². The maximum atomic E-state index is 11.2. The second-order valence-corrected chi connectivity index (χ2v) is 7.49. The van der Waals surface area contributed by atoms with E-state index in [-0.39, 0.29) is 13.2 Å². The average molecular weight is 403 g/mol. The summed E-state index contributed by atoms with van der Waals surface area (Å²) in [5.74, 6) is 0.710. The van der Waals surface area contributed by atoms with Gasteiger partial charge in [-0.15, -0.1) is 0 Å². The summed E-state index contributed by atoms with van der Waals surface area (Å²) in [6, 6.07) is 24.7. The fraction of sp³-hybridized carbons (Fsp3) is 0.240. The van der Waals surface area contributed by atoms with Crippen molar-refractivity contribution in [2.75, 3.05) is 13.3 Å². The fourth-order valence-corrected chi connectivity index (χ4v) is 3.75. The lowest BCUT2D eigenvalue weighted by molar-refractivity contribution is -0.137. The summed E-state index contributed by atoms with van der Waals surface area (Å²) in [5.41, 5.74) is 4.69. The molecule has 5 heteroatoms. The number of ether oxygens (including phenoxy) is 2. The molecular weight excluding hydrogens is 378 g/mol. The molecule has 3 aromatic carbocycles. The molecule has 0 unspecified atom stereocenters. The minimum absolute atomic E-state index is 0.0933. The molecule has 0 aliphatic carbocycles. The van der Waals surface area contributed by atoms with Crippen molar-refractivity contribution in [2.24, 2.45) is 0 Å². The zero-order valence-corrected chi connectivity index (χ0v) is 16.8. The molecule has 0 spiro atoms. The standard InChI is InChI=1S/C25H25NO4/c27-24(28)12-13-26(17-22-10-5-11-23-25(22)30-18-29-23)16-21-9-4-8-20(15-21)14-19-6-2-1-3-7-19/h1-11,15H,12-14,16-18H2,(H,27,28). The van der Waals surface area contributed by atoms with Crippen LogP contribution >= 0.6 is 0 Å². The molecule has 0 atom stereocenters. The van der Waals surface area contributed by atoms with Crippen LogP contribution in [0.3, 0.4) is 0 Å². The van der Waals surface area contributed by atoms with Gasteiger partial charge in [-0.25, -0.2) is 0 Å². The molecule has 1 aliphatic heterocycles. The van der Waals surface area contributed by atoms with Gasteiger partial charge >= 0.3 is 5.97 Å². The van der Waals surface area contributed by atoms with Crippen LogP contribution < -0.4 is 9.47 Å². The van der Waals surface area contributed by atoms with E-state index in [9.17, 15) is 9.90 Å². The molecule has 0 fully saturated rings. The van der Waals surface area contributed by atoms with Gasteiger partial charge in [-0.05, 0) is 29.2 Å². The Balaban J connectivity index is 1.50. The van der Waals surface area contributed by atoms with Crippen LogP contribution in [0, 0.1) is 0 Å². The van der Waals surface area contributed by atoms with E-state index in [4.69, 9.17) is 9.47 Å². The average Bonchev–Trinajstić information content (AvgIpc) is 3.23. The van der Waals surface area contributed by atoms with E-state index in [1.165, 1.54) is 16.7 Å². The zero-order valence-electron chi connectivity index (χ0n) is 16.8. The molecule has 5 nitrogen and oxygen atoms in total. The molecule has 30 heavy (non-hydrogen) atoms. The minimum atomic E-state index is -0.796. The summed E-state index contributed by atoms with van der Waals surface area (Å²) in [6.07, 6.45) is 0.970. The Morgan fingerprint density at radius 2 is 1.63 bits per heavy atom. The van der Waals surface area contributed by atoms with E-state index in [0.29, 0.717) is 19.6 Å². The SMILES string of the molecule is O=C(O)CCN(Cc1cccc(Cc2ccccc2)c1)Cc1cccc2c1OCO2. The molecule has 0 saturated carbocycles. The first kappa shape index (κ1) is 20.0. The number of carboxylic acid groups (broad SMARTS) is 1. The van der Waals surface area contributed by atoms with E-state index in [2.05, 4.69) is 53.4 Å². The normalized spacial score (nSPS) is 12.3. The molecule has 0 radical (unpaired) electrons. The van der Waals surface area contributed by atoms with Crippen LogP contribution in [-0.4, -0.2) is 29.3 Å². The largest absolute Gasteiger partial charge is 0.481 e. The number of rotatable bonds is 9. The van der Waals surface area contributed by atoms with Gasteiger partial charge in [0.2, 0.25) is 6.79 Å². The van der Waals surface area contributed by atoms with E-state index in [1.54, 1.807) is 0 Å². The Morgan fingerprint density at radius 1 is 0.867 bits per heavy atom. The third kappa shape index (κ3) is 5.19. The number of carbonyl (C=O) groups is 1. The molecule has 0 aromatic heterocycles. The molecular formula is C25H25NO4. The third-order valence-corrected chi connectivity index (χ3v) is 5.16. The quantitative estimate of drug-likeness (QED) is 0.571. The number of para-hydroxylation sites is 1. The fourth-order valence-electron chi connectivity index (χ4n) is 3.75. The monoisotopic (exact) mass is 403 g/mol. The first-order chi connectivity index (χ1) is 14.7. The highest BCUT2D eigenvalue weighted by Crippen LogP contribution is 2.36. The van der Waals surface area contributed by atoms with Crippen molar-refractivity contribution in [1.82, 2.24) is 4.90 Å². The Labute approximate surface area is 176 Å². The molecule has 1 N–H and O–H groups in total. The second-order valence-electron chi connectivity index (χ2n) is 7.49. The van der Waals surface area contributed by atoms with E-state index in [0.717, 1.165) is 23.5 Å². The zero-order chi connectivity index (χ0) is 20.8. The summed E-state index contributed by atoms with van der Waals surface area (Å²) < 4.78 is 11.1. The van der Waals surface area contributed by atoms with Gasteiger partial charge < -0.3 is 14.6 Å². The van der Waals surface area contributed by atoms with Gasteiger partial charge in [0, 0.05) is 25.2 Å². The molecule has 0 bridgehead atoms. The van der Waals surface area contributed by atoms with E-state index >= 15 is 0 Å². The van der Waals surface area contributed by atoms with Crippen molar-refractivity contribution >= 4 is 5.97 Å². The predicted octanol–water partition coefficient (Wildman–Crippen LogP) is 4.48. The Hall–Kier alpha value is -3.31. The lowest BCUT2D eigenvalue weighted by Gasteiger charge is -2.23. The first-order valence-corrected chi connectivity index (χ1v) is 10.1. The highest BCUT2D eigenvalue weighted by molar-refractivity contribution is 5.66. The topological polar surface area (TPSA) is 59.0 Å². The van der Waals surface area contributed by atoms with Crippen molar-refractivity contribution in [3.8, 4) is 11.5 Å². The summed E-state index contributed by atoms with van der Waals surface area (Å²) in [5, 5.41) is 9.19. The number of hydrogen-bond acceptors (Lipinski definition) is 4. The summed E-state index contributed by atoms with van der Waals surface area (Å²) >= 11 is 0. The molecule has 1 heterocycles. The summed E-state index contributed by atoms with van der Waals surface area (Å²) in [6.45, 7) is 1.95. The second kappa shape index (κ2) is 9.46. The van der Waals surface area contributed by atoms with E-state index < -0.39 is 5.97 Å². The number of fused-ring (bicyclic) bond motifs is 1. The van der Waals surface area contributed by atoms with Crippen LogP contribution in [0.15, 0.2) is 72.8 Å². The van der Waals surface area contributed by atoms with Crippen LogP contribution in [-0.2, 0) is 24.3 Å². The van der Waals surface area contributed by atoms with Gasteiger partial charge in [0.1, 0.15) is 0 Å². The van der Waals surface area contributed by atoms with Crippen LogP contribution in [0.4, 0.5) is 0 Å². The lowest BCUT2D eigenvalue weighted by atomic mass is 10.0. The lowest BCUT2D eigenvalue weighted by Crippen LogP contribution is -2.26. The molecule has 154 valence electrons. The van der Waals surface area contributed by atoms with Crippen molar-refractivity contribution < 1.29 is 19.4 Å². The number of carboxylic acids is 1. The van der Waals surface area contributed by atoms with Gasteiger partial charge in [-0.2, -0.15) is 0 Å². The van der Waals surface area contributed by atoms with Crippen LogP contribution in [0.25, 0.3) is 0 Å². The molecule has 0 saturated heterocycles. The number of hydrogen-bond donors (Lipinski definition) is 1. The summed E-state index contributed by atoms with van der Waals surface area (Å²) in [4.78, 5) is 13.3. The van der Waals surface area contributed by atoms with Crippen molar-refractivity contribution in [2.45, 2.75) is 25.9 Å². The third-order valence-electron chi connectivity index (χ3n) is 5.16. The van der Waals surface area contributed by atoms with Gasteiger partial charge in [-0.3, -0.25) is 9.69 Å². The molecule has 4 rings (SSSR count). The number of aliphatic carboxylic acids is 1. The molecule has 1 aliphatic rings. The smallest absolute Gasteiger partial charge is 0.304 e. The highest BCUT2D eigenvalue weighted by Gasteiger charge is 2.19. The molecule has 0 amide bonds. The number of nitrogens with zero attached hydrogens (tertiary/aromatic N) is 1. The predicted molar refractivity (Wildman–Crippen MR) is 115 cm³/mol. The summed E-state index contributed by atoms with van der Waals surface area (Å²) in [7, 11) is 0. The Morgan fingerprint density at radius 3 is 2.47 bits per heavy atom. The van der Waals surface area contributed by atoms with Gasteiger partial charge in [0.15, 0.2) is 11.5 Å². The van der Waals surface area contributed by atoms with Crippen molar-refractivity contribution in [3.63, 3.8) is 0 Å². The van der Waals surface area contributed by atoms with Gasteiger partial charge in [-0.1, -0.05) is 66.7 Å². The van der Waals surface area contributed by atoms with Gasteiger partial charge in [0.05, 0.1) is 6.42 Å². The van der Waals surface area contributed by atoms with Crippen molar-refractivity contribution in [3.05, 3.63) is 95.1 Å². The highest BCUT2D eigenvalue weighted by atomic mass is 16.7. The Kier molecular flexibility index (Phi) is 6.30. The first-order valence-electron chi connectivity index (χ1n) is 10.1. The maximum absolute atomic E-state index is 11.2. The number of benzene rings is 3. The van der Waals surface area contributed by atoms with Crippen LogP contribution in [0.5, 0.6) is 11.5 Å². The van der Waals surface area contributed by atoms with Crippen LogP contribution in [0.1, 0.15) is 28.7 Å². The van der Waals surface area contributed by atoms with Gasteiger partial charge in [0.25, 0.3) is 0 Å². The minimum Gasteiger partial charge on any atom is -0.481 e. The maximum Gasteiger partial charge on any atom is 0.304 e. The van der Waals surface area contributed by atoms with E-state index in [1.807, 2.05) is 24.3 Å². The molecule has 3 aromatic rings. The van der Waals surface area contributed by atoms with Crippen LogP contribution in [0.2, 0.25) is 0 Å².